The molecule has 2 N–H and O–H groups in total. The fourth-order valence-corrected chi connectivity index (χ4v) is 1.63. The van der Waals surface area contributed by atoms with Gasteiger partial charge in [-0.1, -0.05) is 31.4 Å². The molecule has 0 bridgehead atoms. The van der Waals surface area contributed by atoms with Gasteiger partial charge in [0.2, 0.25) is 5.91 Å². The fourth-order valence-electron chi connectivity index (χ4n) is 1.63. The summed E-state index contributed by atoms with van der Waals surface area (Å²) in [4.78, 5) is 21.2. The van der Waals surface area contributed by atoms with Crippen LogP contribution in [-0.2, 0) is 9.59 Å². The third kappa shape index (κ3) is 12.9. The van der Waals surface area contributed by atoms with E-state index in [4.69, 9.17) is 5.11 Å². The van der Waals surface area contributed by atoms with Crippen molar-refractivity contribution in [1.82, 2.24) is 5.32 Å². The highest BCUT2D eigenvalue weighted by Crippen LogP contribution is 2.07. The van der Waals surface area contributed by atoms with E-state index in [1.165, 1.54) is 6.42 Å². The van der Waals surface area contributed by atoms with Crippen LogP contribution in [0.2, 0.25) is 0 Å². The zero-order valence-corrected chi connectivity index (χ0v) is 11.1. The Balaban J connectivity index is 3.15. The van der Waals surface area contributed by atoms with Gasteiger partial charge in [0.25, 0.3) is 0 Å². The summed E-state index contributed by atoms with van der Waals surface area (Å²) < 4.78 is 0. The van der Waals surface area contributed by atoms with E-state index in [1.807, 2.05) is 6.08 Å². The van der Waals surface area contributed by atoms with Crippen molar-refractivity contribution in [2.45, 2.75) is 51.4 Å². The normalized spacial score (nSPS) is 10.7. The van der Waals surface area contributed by atoms with E-state index in [1.54, 1.807) is 0 Å². The number of rotatable bonds is 12. The SMILES string of the molecule is O=CC/C=C\CCCCCCCC(=O)NCCO. The molecule has 0 aromatic heterocycles. The van der Waals surface area contributed by atoms with Crippen molar-refractivity contribution in [3.05, 3.63) is 12.2 Å². The Morgan fingerprint density at radius 3 is 2.50 bits per heavy atom. The Labute approximate surface area is 109 Å². The van der Waals surface area contributed by atoms with Crippen molar-refractivity contribution in [2.24, 2.45) is 0 Å². The molecule has 4 heteroatoms. The predicted molar refractivity (Wildman–Crippen MR) is 72.2 cm³/mol. The number of carbonyl (C=O) groups excluding carboxylic acids is 2. The predicted octanol–water partition coefficient (Wildman–Crippen LogP) is 1.97. The monoisotopic (exact) mass is 255 g/mol. The maximum absolute atomic E-state index is 11.2. The highest BCUT2D eigenvalue weighted by molar-refractivity contribution is 5.75. The van der Waals surface area contributed by atoms with Gasteiger partial charge in [0.15, 0.2) is 0 Å². The second-order valence-electron chi connectivity index (χ2n) is 4.25. The quantitative estimate of drug-likeness (QED) is 0.318. The molecule has 0 aliphatic carbocycles. The molecule has 0 spiro atoms. The van der Waals surface area contributed by atoms with Crippen molar-refractivity contribution in [3.8, 4) is 0 Å². The van der Waals surface area contributed by atoms with Crippen molar-refractivity contribution in [2.75, 3.05) is 13.2 Å². The lowest BCUT2D eigenvalue weighted by Gasteiger charge is -2.02. The molecule has 0 aromatic rings. The van der Waals surface area contributed by atoms with E-state index in [9.17, 15) is 9.59 Å². The summed E-state index contributed by atoms with van der Waals surface area (Å²) in [6.07, 6.45) is 12.4. The second-order valence-corrected chi connectivity index (χ2v) is 4.25. The fraction of sp³-hybridized carbons (Fsp3) is 0.714. The summed E-state index contributed by atoms with van der Waals surface area (Å²) in [7, 11) is 0. The first-order chi connectivity index (χ1) is 8.81. The number of carbonyl (C=O) groups is 2. The van der Waals surface area contributed by atoms with Crippen molar-refractivity contribution in [1.29, 1.82) is 0 Å². The summed E-state index contributed by atoms with van der Waals surface area (Å²) in [5.74, 6) is 0.0286. The van der Waals surface area contributed by atoms with Gasteiger partial charge in [-0.3, -0.25) is 4.79 Å². The Bertz CT molecular complexity index is 239. The minimum absolute atomic E-state index is 0.00333. The average molecular weight is 255 g/mol. The number of allylic oxidation sites excluding steroid dienone is 2. The van der Waals surface area contributed by atoms with Crippen LogP contribution in [0.5, 0.6) is 0 Å². The Kier molecular flexibility index (Phi) is 13.0. The van der Waals surface area contributed by atoms with Gasteiger partial charge >= 0.3 is 0 Å². The van der Waals surface area contributed by atoms with Crippen molar-refractivity contribution >= 4 is 12.2 Å². The number of unbranched alkanes of at least 4 members (excludes halogenated alkanes) is 5. The summed E-state index contributed by atoms with van der Waals surface area (Å²) in [6.45, 7) is 0.356. The van der Waals surface area contributed by atoms with Crippen LogP contribution in [-0.4, -0.2) is 30.5 Å². The maximum atomic E-state index is 11.2. The smallest absolute Gasteiger partial charge is 0.220 e. The molecule has 0 rings (SSSR count). The highest BCUT2D eigenvalue weighted by atomic mass is 16.3. The first-order valence-electron chi connectivity index (χ1n) is 6.77. The van der Waals surface area contributed by atoms with E-state index < -0.39 is 0 Å². The lowest BCUT2D eigenvalue weighted by Crippen LogP contribution is -2.25. The van der Waals surface area contributed by atoms with Crippen LogP contribution in [0.15, 0.2) is 12.2 Å². The molecule has 0 heterocycles. The first-order valence-corrected chi connectivity index (χ1v) is 6.77. The Morgan fingerprint density at radius 1 is 1.06 bits per heavy atom. The summed E-state index contributed by atoms with van der Waals surface area (Å²) in [5.41, 5.74) is 0. The Morgan fingerprint density at radius 2 is 1.78 bits per heavy atom. The molecular formula is C14H25NO3. The van der Waals surface area contributed by atoms with Gasteiger partial charge in [0.1, 0.15) is 6.29 Å². The highest BCUT2D eigenvalue weighted by Gasteiger charge is 1.99. The standard InChI is InChI=1S/C14H25NO3/c16-12-9-7-5-3-1-2-4-6-8-10-14(18)15-11-13-17/h5,7,12,17H,1-4,6,8-11,13H2,(H,15,18)/b7-5-. The van der Waals surface area contributed by atoms with Crippen LogP contribution >= 0.6 is 0 Å². The number of nitrogens with one attached hydrogen (secondary N) is 1. The third-order valence-electron chi connectivity index (χ3n) is 2.61. The molecule has 0 aromatic carbocycles. The van der Waals surface area contributed by atoms with Gasteiger partial charge < -0.3 is 15.2 Å². The van der Waals surface area contributed by atoms with Crippen molar-refractivity contribution < 1.29 is 14.7 Å². The van der Waals surface area contributed by atoms with Gasteiger partial charge in [-0.05, 0) is 19.3 Å². The van der Waals surface area contributed by atoms with Gasteiger partial charge in [-0.15, -0.1) is 0 Å². The molecule has 0 aliphatic heterocycles. The van der Waals surface area contributed by atoms with Crippen molar-refractivity contribution in [3.63, 3.8) is 0 Å². The topological polar surface area (TPSA) is 66.4 Å². The minimum atomic E-state index is 0.00333. The molecule has 0 unspecified atom stereocenters. The average Bonchev–Trinajstić information content (AvgIpc) is 2.38. The minimum Gasteiger partial charge on any atom is -0.395 e. The molecule has 0 radical (unpaired) electrons. The molecule has 0 aliphatic rings. The van der Waals surface area contributed by atoms with Gasteiger partial charge in [-0.25, -0.2) is 0 Å². The summed E-state index contributed by atoms with van der Waals surface area (Å²) in [6, 6.07) is 0. The number of hydrogen-bond acceptors (Lipinski definition) is 3. The zero-order valence-electron chi connectivity index (χ0n) is 11.1. The lowest BCUT2D eigenvalue weighted by atomic mass is 10.1. The molecule has 1 amide bonds. The number of aldehydes is 1. The lowest BCUT2D eigenvalue weighted by molar-refractivity contribution is -0.121. The van der Waals surface area contributed by atoms with E-state index in [-0.39, 0.29) is 12.5 Å². The molecule has 0 saturated heterocycles. The first kappa shape index (κ1) is 16.8. The number of aliphatic hydroxyl groups is 1. The zero-order chi connectivity index (χ0) is 13.5. The van der Waals surface area contributed by atoms with E-state index >= 15 is 0 Å². The van der Waals surface area contributed by atoms with Gasteiger partial charge in [-0.2, -0.15) is 0 Å². The third-order valence-corrected chi connectivity index (χ3v) is 2.61. The van der Waals surface area contributed by atoms with Crippen LogP contribution in [0.3, 0.4) is 0 Å². The number of aliphatic hydroxyl groups excluding tert-OH is 1. The van der Waals surface area contributed by atoms with Gasteiger partial charge in [0, 0.05) is 19.4 Å². The summed E-state index contributed by atoms with van der Waals surface area (Å²) in [5, 5.41) is 11.2. The molecule has 0 fully saturated rings. The second kappa shape index (κ2) is 13.9. The molecule has 0 saturated carbocycles. The molecule has 0 atom stereocenters. The molecule has 104 valence electrons. The molecule has 4 nitrogen and oxygen atoms in total. The number of hydrogen-bond donors (Lipinski definition) is 2. The van der Waals surface area contributed by atoms with E-state index in [2.05, 4.69) is 11.4 Å². The van der Waals surface area contributed by atoms with E-state index in [0.717, 1.165) is 38.4 Å². The largest absolute Gasteiger partial charge is 0.395 e. The maximum Gasteiger partial charge on any atom is 0.220 e. The molecular weight excluding hydrogens is 230 g/mol. The van der Waals surface area contributed by atoms with E-state index in [0.29, 0.717) is 19.4 Å². The molecule has 18 heavy (non-hydrogen) atoms. The van der Waals surface area contributed by atoms with Crippen LogP contribution in [0.4, 0.5) is 0 Å². The summed E-state index contributed by atoms with van der Waals surface area (Å²) >= 11 is 0. The van der Waals surface area contributed by atoms with Crippen LogP contribution in [0, 0.1) is 0 Å². The van der Waals surface area contributed by atoms with Crippen LogP contribution < -0.4 is 5.32 Å². The van der Waals surface area contributed by atoms with Crippen LogP contribution in [0.1, 0.15) is 51.4 Å². The Hall–Kier alpha value is -1.16. The number of amides is 1. The van der Waals surface area contributed by atoms with Gasteiger partial charge in [0.05, 0.1) is 6.61 Å². The van der Waals surface area contributed by atoms with Crippen LogP contribution in [0.25, 0.3) is 0 Å².